The van der Waals surface area contributed by atoms with Gasteiger partial charge in [0.1, 0.15) is 0 Å². The molecule has 1 atom stereocenters. The van der Waals surface area contributed by atoms with Crippen molar-refractivity contribution < 1.29 is 4.79 Å². The maximum absolute atomic E-state index is 12.6. The Labute approximate surface area is 170 Å². The Balaban J connectivity index is 1.70. The number of nitrogens with one attached hydrogen (secondary N) is 1. The lowest BCUT2D eigenvalue weighted by molar-refractivity contribution is -0.127. The van der Waals surface area contributed by atoms with Crippen molar-refractivity contribution in [1.82, 2.24) is 9.88 Å². The van der Waals surface area contributed by atoms with Crippen LogP contribution in [-0.4, -0.2) is 35.1 Å². The molecule has 2 aromatic rings. The third-order valence-corrected chi connectivity index (χ3v) is 6.46. The van der Waals surface area contributed by atoms with Crippen molar-refractivity contribution in [3.05, 3.63) is 69.6 Å². The summed E-state index contributed by atoms with van der Waals surface area (Å²) >= 11 is 1.71. The molecule has 1 aliphatic carbocycles. The fourth-order valence-electron chi connectivity index (χ4n) is 3.92. The van der Waals surface area contributed by atoms with Crippen LogP contribution in [0.1, 0.15) is 48.9 Å². The Bertz CT molecular complexity index is 957. The highest BCUT2D eigenvalue weighted by atomic mass is 32.2. The van der Waals surface area contributed by atoms with Crippen LogP contribution in [0.3, 0.4) is 0 Å². The minimum absolute atomic E-state index is 0.0309. The van der Waals surface area contributed by atoms with Crippen LogP contribution in [0.25, 0.3) is 5.57 Å². The minimum Gasteiger partial charge on any atom is -0.342 e. The summed E-state index contributed by atoms with van der Waals surface area (Å²) in [6.07, 6.45) is 7.48. The van der Waals surface area contributed by atoms with Gasteiger partial charge >= 0.3 is 0 Å². The summed E-state index contributed by atoms with van der Waals surface area (Å²) in [6.45, 7) is 3.17. The predicted molar refractivity (Wildman–Crippen MR) is 115 cm³/mol. The molecule has 1 saturated carbocycles. The van der Waals surface area contributed by atoms with Crippen molar-refractivity contribution in [2.45, 2.75) is 37.0 Å². The van der Waals surface area contributed by atoms with Crippen LogP contribution < -0.4 is 5.56 Å². The van der Waals surface area contributed by atoms with Crippen molar-refractivity contribution in [2.75, 3.05) is 19.3 Å². The summed E-state index contributed by atoms with van der Waals surface area (Å²) in [6, 6.07) is 12.5. The molecule has 0 spiro atoms. The molecular weight excluding hydrogens is 368 g/mol. The number of benzene rings is 1. The zero-order valence-corrected chi connectivity index (χ0v) is 17.2. The van der Waals surface area contributed by atoms with Crippen LogP contribution in [-0.2, 0) is 4.79 Å². The number of nitrogens with zero attached hydrogens (tertiary/aromatic N) is 1. The molecule has 0 unspecified atom stereocenters. The number of amides is 1. The highest BCUT2D eigenvalue weighted by molar-refractivity contribution is 7.98. The van der Waals surface area contributed by atoms with Gasteiger partial charge in [0.2, 0.25) is 5.91 Å². The minimum atomic E-state index is 0.0309. The van der Waals surface area contributed by atoms with Crippen molar-refractivity contribution in [3.63, 3.8) is 0 Å². The van der Waals surface area contributed by atoms with Crippen molar-refractivity contribution in [1.29, 1.82) is 0 Å². The van der Waals surface area contributed by atoms with Crippen molar-refractivity contribution >= 4 is 23.2 Å². The second kappa shape index (κ2) is 8.00. The molecule has 1 aromatic carbocycles. The van der Waals surface area contributed by atoms with Gasteiger partial charge in [-0.1, -0.05) is 24.3 Å². The molecule has 4 nitrogen and oxygen atoms in total. The topological polar surface area (TPSA) is 53.2 Å². The van der Waals surface area contributed by atoms with E-state index in [1.165, 1.54) is 4.90 Å². The number of likely N-dealkylation sites (tertiary alicyclic amines) is 1. The first-order chi connectivity index (χ1) is 13.5. The molecule has 2 heterocycles. The van der Waals surface area contributed by atoms with Gasteiger partial charge in [-0.25, -0.2) is 0 Å². The number of hydrogen-bond donors (Lipinski definition) is 1. The SMILES string of the molecule is CSc1ccc(/C(=C/[C@H]2CCN(C(C)=O)C2)c2ccc(C3CC3)c(=O)[nH]2)cc1. The molecule has 1 aliphatic heterocycles. The van der Waals surface area contributed by atoms with E-state index >= 15 is 0 Å². The molecule has 0 radical (unpaired) electrons. The number of H-pyrrole nitrogens is 1. The summed E-state index contributed by atoms with van der Waals surface area (Å²) in [5, 5.41) is 0. The normalized spacial score (nSPS) is 19.9. The molecule has 2 aliphatic rings. The molecule has 5 heteroatoms. The van der Waals surface area contributed by atoms with Crippen LogP contribution in [0.4, 0.5) is 0 Å². The molecule has 1 aromatic heterocycles. The fraction of sp³-hybridized carbons (Fsp3) is 0.391. The summed E-state index contributed by atoms with van der Waals surface area (Å²) in [4.78, 5) is 30.5. The quantitative estimate of drug-likeness (QED) is 0.771. The molecule has 146 valence electrons. The Morgan fingerprint density at radius 2 is 1.89 bits per heavy atom. The maximum Gasteiger partial charge on any atom is 0.251 e. The third-order valence-electron chi connectivity index (χ3n) is 5.72. The lowest BCUT2D eigenvalue weighted by atomic mass is 9.96. The second-order valence-corrected chi connectivity index (χ2v) is 8.63. The fourth-order valence-corrected chi connectivity index (χ4v) is 4.32. The molecule has 28 heavy (non-hydrogen) atoms. The van der Waals surface area contributed by atoms with Gasteiger partial charge in [-0.05, 0) is 61.1 Å². The molecule has 1 saturated heterocycles. The number of thioether (sulfide) groups is 1. The average molecular weight is 395 g/mol. The Morgan fingerprint density at radius 3 is 2.46 bits per heavy atom. The van der Waals surface area contributed by atoms with Gasteiger partial charge < -0.3 is 9.88 Å². The van der Waals surface area contributed by atoms with E-state index in [1.54, 1.807) is 18.7 Å². The largest absolute Gasteiger partial charge is 0.342 e. The van der Waals surface area contributed by atoms with Crippen LogP contribution in [0, 0.1) is 5.92 Å². The van der Waals surface area contributed by atoms with E-state index < -0.39 is 0 Å². The van der Waals surface area contributed by atoms with Crippen LogP contribution in [0.2, 0.25) is 0 Å². The van der Waals surface area contributed by atoms with Crippen molar-refractivity contribution in [2.24, 2.45) is 5.92 Å². The highest BCUT2D eigenvalue weighted by Crippen LogP contribution is 2.38. The summed E-state index contributed by atoms with van der Waals surface area (Å²) < 4.78 is 0. The van der Waals surface area contributed by atoms with E-state index in [0.717, 1.165) is 54.7 Å². The van der Waals surface area contributed by atoms with Crippen LogP contribution >= 0.6 is 11.8 Å². The Kier molecular flexibility index (Phi) is 5.44. The highest BCUT2D eigenvalue weighted by Gasteiger charge is 2.27. The number of aromatic nitrogens is 1. The van der Waals surface area contributed by atoms with Gasteiger partial charge in [0.25, 0.3) is 5.56 Å². The molecule has 1 amide bonds. The van der Waals surface area contributed by atoms with E-state index in [0.29, 0.717) is 11.8 Å². The zero-order valence-electron chi connectivity index (χ0n) is 16.4. The van der Waals surface area contributed by atoms with E-state index in [4.69, 9.17) is 0 Å². The first-order valence-electron chi connectivity index (χ1n) is 9.90. The summed E-state index contributed by atoms with van der Waals surface area (Å²) in [5.74, 6) is 0.861. The van der Waals surface area contributed by atoms with E-state index in [2.05, 4.69) is 41.6 Å². The van der Waals surface area contributed by atoms with E-state index in [-0.39, 0.29) is 11.5 Å². The van der Waals surface area contributed by atoms with Gasteiger partial charge in [-0.3, -0.25) is 9.59 Å². The number of pyridine rings is 1. The number of hydrogen-bond acceptors (Lipinski definition) is 3. The van der Waals surface area contributed by atoms with Crippen molar-refractivity contribution in [3.8, 4) is 0 Å². The smallest absolute Gasteiger partial charge is 0.251 e. The number of aromatic amines is 1. The number of rotatable bonds is 5. The zero-order chi connectivity index (χ0) is 19.7. The van der Waals surface area contributed by atoms with Gasteiger partial charge in [0.05, 0.1) is 0 Å². The van der Waals surface area contributed by atoms with Gasteiger partial charge in [-0.2, -0.15) is 0 Å². The Morgan fingerprint density at radius 1 is 1.14 bits per heavy atom. The van der Waals surface area contributed by atoms with Crippen LogP contribution in [0.5, 0.6) is 0 Å². The average Bonchev–Trinajstić information content (AvgIpc) is 3.43. The van der Waals surface area contributed by atoms with Gasteiger partial charge in [-0.15, -0.1) is 11.8 Å². The first-order valence-corrected chi connectivity index (χ1v) is 11.1. The first kappa shape index (κ1) is 19.1. The lowest BCUT2D eigenvalue weighted by Crippen LogP contribution is -2.25. The predicted octanol–water partition coefficient (Wildman–Crippen LogP) is 4.27. The number of carbonyl (C=O) groups is 1. The standard InChI is InChI=1S/C23H26N2O2S/c1-15(26)25-12-11-16(14-25)13-21(18-5-7-19(28-2)8-6-18)22-10-9-20(17-3-4-17)23(27)24-22/h5-10,13,16-17H,3-4,11-12,14H2,1-2H3,(H,24,27)/b21-13-/t16-/m1/s1. The lowest BCUT2D eigenvalue weighted by Gasteiger charge is -2.15. The molecular formula is C23H26N2O2S. The molecule has 1 N–H and O–H groups in total. The number of carbonyl (C=O) groups excluding carboxylic acids is 1. The molecule has 0 bridgehead atoms. The van der Waals surface area contributed by atoms with E-state index in [1.807, 2.05) is 17.0 Å². The molecule has 2 fully saturated rings. The van der Waals surface area contributed by atoms with Gasteiger partial charge in [0.15, 0.2) is 0 Å². The molecule has 4 rings (SSSR count). The van der Waals surface area contributed by atoms with Crippen LogP contribution in [0.15, 0.2) is 52.2 Å². The summed E-state index contributed by atoms with van der Waals surface area (Å²) in [7, 11) is 0. The summed E-state index contributed by atoms with van der Waals surface area (Å²) in [5.41, 5.74) is 3.93. The Hall–Kier alpha value is -2.27. The third kappa shape index (κ3) is 4.09. The van der Waals surface area contributed by atoms with E-state index in [9.17, 15) is 9.59 Å². The maximum atomic E-state index is 12.6. The second-order valence-electron chi connectivity index (χ2n) is 7.75. The monoisotopic (exact) mass is 394 g/mol. The van der Waals surface area contributed by atoms with Gasteiger partial charge in [0, 0.05) is 41.7 Å².